The van der Waals surface area contributed by atoms with Gasteiger partial charge in [0.15, 0.2) is 0 Å². The van der Waals surface area contributed by atoms with Gasteiger partial charge in [-0.25, -0.2) is 0 Å². The molecule has 0 aliphatic carbocycles. The summed E-state index contributed by atoms with van der Waals surface area (Å²) in [7, 11) is 4.00. The maximum absolute atomic E-state index is 4.49. The topological polar surface area (TPSA) is 29.9 Å². The van der Waals surface area contributed by atoms with Crippen LogP contribution in [0.3, 0.4) is 0 Å². The number of nitrogens with zero attached hydrogens (tertiary/aromatic N) is 2. The van der Waals surface area contributed by atoms with E-state index in [4.69, 9.17) is 0 Å². The summed E-state index contributed by atoms with van der Waals surface area (Å²) < 4.78 is 1.95. The Kier molecular flexibility index (Phi) is 3.35. The van der Waals surface area contributed by atoms with Gasteiger partial charge in [-0.05, 0) is 44.8 Å². The molecule has 3 nitrogen and oxygen atoms in total. The van der Waals surface area contributed by atoms with Crippen LogP contribution in [0.15, 0.2) is 11.4 Å². The van der Waals surface area contributed by atoms with Crippen molar-refractivity contribution >= 4 is 11.3 Å². The lowest BCUT2D eigenvalue weighted by Gasteiger charge is -2.16. The Hall–Kier alpha value is -1.13. The van der Waals surface area contributed by atoms with Gasteiger partial charge in [-0.15, -0.1) is 11.3 Å². The van der Waals surface area contributed by atoms with Crippen LogP contribution < -0.4 is 5.32 Å². The first-order valence-electron chi connectivity index (χ1n) is 5.77. The summed E-state index contributed by atoms with van der Waals surface area (Å²) in [4.78, 5) is 1.35. The first-order valence-corrected chi connectivity index (χ1v) is 6.65. The van der Waals surface area contributed by atoms with Crippen molar-refractivity contribution in [2.24, 2.45) is 7.05 Å². The van der Waals surface area contributed by atoms with Crippen molar-refractivity contribution in [3.8, 4) is 0 Å². The van der Waals surface area contributed by atoms with E-state index < -0.39 is 0 Å². The van der Waals surface area contributed by atoms with Crippen molar-refractivity contribution < 1.29 is 0 Å². The van der Waals surface area contributed by atoms with Gasteiger partial charge in [0.05, 0.1) is 11.7 Å². The van der Waals surface area contributed by atoms with Crippen LogP contribution in [-0.2, 0) is 7.05 Å². The Bertz CT molecular complexity index is 525. The molecule has 2 aromatic heterocycles. The minimum absolute atomic E-state index is 0.244. The van der Waals surface area contributed by atoms with E-state index in [0.717, 1.165) is 5.69 Å². The summed E-state index contributed by atoms with van der Waals surface area (Å²) >= 11 is 1.79. The SMILES string of the molecule is CNC(c1csc(C)c1)c1c(C)nn(C)c1C. The molecule has 0 aromatic carbocycles. The molecular formula is C13H19N3S. The fourth-order valence-electron chi connectivity index (χ4n) is 2.30. The zero-order chi connectivity index (χ0) is 12.6. The van der Waals surface area contributed by atoms with Gasteiger partial charge >= 0.3 is 0 Å². The highest BCUT2D eigenvalue weighted by atomic mass is 32.1. The lowest BCUT2D eigenvalue weighted by molar-refractivity contribution is 0.680. The molecule has 0 fully saturated rings. The first-order chi connectivity index (χ1) is 8.04. The van der Waals surface area contributed by atoms with E-state index in [1.165, 1.54) is 21.7 Å². The van der Waals surface area contributed by atoms with Gasteiger partial charge in [-0.3, -0.25) is 4.68 Å². The second-order valence-corrected chi connectivity index (χ2v) is 5.54. The number of aryl methyl sites for hydroxylation is 3. The Morgan fingerprint density at radius 2 is 2.06 bits per heavy atom. The standard InChI is InChI=1S/C13H19N3S/c1-8-6-11(7-17-8)13(14-4)12-9(2)15-16(5)10(12)3/h6-7,13-14H,1-5H3. The van der Waals surface area contributed by atoms with Crippen LogP contribution in [0.25, 0.3) is 0 Å². The lowest BCUT2D eigenvalue weighted by atomic mass is 9.99. The maximum Gasteiger partial charge on any atom is 0.0647 e. The van der Waals surface area contributed by atoms with Crippen molar-refractivity contribution in [2.75, 3.05) is 7.05 Å². The molecule has 2 rings (SSSR count). The normalized spacial score (nSPS) is 13.0. The molecule has 92 valence electrons. The van der Waals surface area contributed by atoms with Crippen LogP contribution in [0.4, 0.5) is 0 Å². The largest absolute Gasteiger partial charge is 0.309 e. The zero-order valence-corrected chi connectivity index (χ0v) is 11.9. The molecule has 0 aliphatic rings. The number of hydrogen-bond acceptors (Lipinski definition) is 3. The summed E-state index contributed by atoms with van der Waals surface area (Å²) in [6.07, 6.45) is 0. The Morgan fingerprint density at radius 1 is 1.35 bits per heavy atom. The average molecular weight is 249 g/mol. The number of thiophene rings is 1. The highest BCUT2D eigenvalue weighted by Gasteiger charge is 2.20. The highest BCUT2D eigenvalue weighted by molar-refractivity contribution is 7.10. The van der Waals surface area contributed by atoms with Gasteiger partial charge < -0.3 is 5.32 Å². The smallest absolute Gasteiger partial charge is 0.0647 e. The molecule has 2 heterocycles. The molecule has 1 unspecified atom stereocenters. The fourth-order valence-corrected chi connectivity index (χ4v) is 3.03. The van der Waals surface area contributed by atoms with E-state index >= 15 is 0 Å². The molecule has 0 saturated carbocycles. The van der Waals surface area contributed by atoms with E-state index in [-0.39, 0.29) is 6.04 Å². The third-order valence-electron chi connectivity index (χ3n) is 3.23. The van der Waals surface area contributed by atoms with Crippen LogP contribution in [0.1, 0.15) is 33.4 Å². The van der Waals surface area contributed by atoms with E-state index in [0.29, 0.717) is 0 Å². The van der Waals surface area contributed by atoms with Gasteiger partial charge in [0.25, 0.3) is 0 Å². The Labute approximate surface area is 106 Å². The van der Waals surface area contributed by atoms with Gasteiger partial charge in [-0.1, -0.05) is 0 Å². The molecule has 0 radical (unpaired) electrons. The summed E-state index contributed by atoms with van der Waals surface area (Å²) in [6, 6.07) is 2.49. The second kappa shape index (κ2) is 4.63. The number of aromatic nitrogens is 2. The minimum Gasteiger partial charge on any atom is -0.309 e. The summed E-state index contributed by atoms with van der Waals surface area (Å²) in [5, 5.41) is 10.1. The molecule has 1 atom stereocenters. The number of nitrogens with one attached hydrogen (secondary N) is 1. The fraction of sp³-hybridized carbons (Fsp3) is 0.462. The molecule has 2 aromatic rings. The molecule has 1 N–H and O–H groups in total. The van der Waals surface area contributed by atoms with Crippen molar-refractivity contribution in [2.45, 2.75) is 26.8 Å². The van der Waals surface area contributed by atoms with Crippen LogP contribution in [0.2, 0.25) is 0 Å². The predicted octanol–water partition coefficient (Wildman–Crippen LogP) is 2.72. The van der Waals surface area contributed by atoms with Crippen LogP contribution in [-0.4, -0.2) is 16.8 Å². The van der Waals surface area contributed by atoms with E-state index in [9.17, 15) is 0 Å². The molecule has 0 saturated heterocycles. The van der Waals surface area contributed by atoms with Crippen molar-refractivity contribution in [1.82, 2.24) is 15.1 Å². The van der Waals surface area contributed by atoms with Crippen LogP contribution >= 0.6 is 11.3 Å². The van der Waals surface area contributed by atoms with E-state index in [1.807, 2.05) is 18.8 Å². The Balaban J connectivity index is 2.49. The number of hydrogen-bond donors (Lipinski definition) is 1. The molecule has 17 heavy (non-hydrogen) atoms. The van der Waals surface area contributed by atoms with E-state index in [1.54, 1.807) is 11.3 Å². The molecular weight excluding hydrogens is 230 g/mol. The van der Waals surface area contributed by atoms with Crippen molar-refractivity contribution in [3.05, 3.63) is 38.8 Å². The maximum atomic E-state index is 4.49. The first kappa shape index (κ1) is 12.3. The molecule has 0 amide bonds. The number of rotatable bonds is 3. The van der Waals surface area contributed by atoms with Gasteiger partial charge in [0, 0.05) is 23.2 Å². The monoisotopic (exact) mass is 249 g/mol. The average Bonchev–Trinajstić information content (AvgIpc) is 2.79. The predicted molar refractivity (Wildman–Crippen MR) is 72.6 cm³/mol. The summed E-state index contributed by atoms with van der Waals surface area (Å²) in [5.74, 6) is 0. The van der Waals surface area contributed by atoms with Crippen LogP contribution in [0.5, 0.6) is 0 Å². The van der Waals surface area contributed by atoms with Gasteiger partial charge in [-0.2, -0.15) is 5.10 Å². The molecule has 4 heteroatoms. The van der Waals surface area contributed by atoms with E-state index in [2.05, 4.69) is 42.6 Å². The zero-order valence-electron chi connectivity index (χ0n) is 11.0. The molecule has 0 spiro atoms. The van der Waals surface area contributed by atoms with Crippen LogP contribution in [0, 0.1) is 20.8 Å². The third-order valence-corrected chi connectivity index (χ3v) is 4.11. The molecule has 0 aliphatic heterocycles. The Morgan fingerprint density at radius 3 is 2.47 bits per heavy atom. The molecule has 0 bridgehead atoms. The second-order valence-electron chi connectivity index (χ2n) is 4.42. The van der Waals surface area contributed by atoms with Crippen molar-refractivity contribution in [1.29, 1.82) is 0 Å². The quantitative estimate of drug-likeness (QED) is 0.906. The summed E-state index contributed by atoms with van der Waals surface area (Å²) in [5.41, 5.74) is 4.96. The van der Waals surface area contributed by atoms with Gasteiger partial charge in [0.1, 0.15) is 0 Å². The highest BCUT2D eigenvalue weighted by Crippen LogP contribution is 2.29. The third kappa shape index (κ3) is 2.15. The summed E-state index contributed by atoms with van der Waals surface area (Å²) in [6.45, 7) is 6.34. The van der Waals surface area contributed by atoms with Crippen molar-refractivity contribution in [3.63, 3.8) is 0 Å². The lowest BCUT2D eigenvalue weighted by Crippen LogP contribution is -2.18. The van der Waals surface area contributed by atoms with Gasteiger partial charge in [0.2, 0.25) is 0 Å². The minimum atomic E-state index is 0.244.